The fourth-order valence-electron chi connectivity index (χ4n) is 5.48. The van der Waals surface area contributed by atoms with Crippen molar-refractivity contribution < 1.29 is 9.21 Å². The summed E-state index contributed by atoms with van der Waals surface area (Å²) in [5.74, 6) is 0.192. The highest BCUT2D eigenvalue weighted by Gasteiger charge is 2.21. The van der Waals surface area contributed by atoms with E-state index < -0.39 is 0 Å². The fourth-order valence-corrected chi connectivity index (χ4v) is 5.48. The molecule has 1 saturated carbocycles. The summed E-state index contributed by atoms with van der Waals surface area (Å²) in [5, 5.41) is 12.9. The minimum Gasteiger partial charge on any atom is -0.472 e. The number of hydrogen-bond donors (Lipinski definition) is 3. The predicted octanol–water partition coefficient (Wildman–Crippen LogP) is 6.95. The van der Waals surface area contributed by atoms with Crippen molar-refractivity contribution in [3.8, 4) is 33.8 Å². The van der Waals surface area contributed by atoms with Gasteiger partial charge in [0.25, 0.3) is 0 Å². The zero-order valence-corrected chi connectivity index (χ0v) is 20.7. The Labute approximate surface area is 218 Å². The highest BCUT2D eigenvalue weighted by molar-refractivity contribution is 6.01. The van der Waals surface area contributed by atoms with Gasteiger partial charge in [0.1, 0.15) is 5.69 Å². The van der Waals surface area contributed by atoms with Crippen LogP contribution >= 0.6 is 0 Å². The monoisotopic (exact) mass is 502 g/mol. The third-order valence-corrected chi connectivity index (χ3v) is 7.48. The van der Waals surface area contributed by atoms with Gasteiger partial charge in [0.05, 0.1) is 41.3 Å². The summed E-state index contributed by atoms with van der Waals surface area (Å²) in [5.41, 5.74) is 8.08. The number of furan rings is 1. The molecular weight excluding hydrogens is 476 g/mol. The van der Waals surface area contributed by atoms with E-state index in [9.17, 15) is 4.79 Å². The zero-order valence-electron chi connectivity index (χ0n) is 20.7. The van der Waals surface area contributed by atoms with Crippen LogP contribution in [0.25, 0.3) is 55.6 Å². The van der Waals surface area contributed by atoms with Gasteiger partial charge in [-0.15, -0.1) is 0 Å². The summed E-state index contributed by atoms with van der Waals surface area (Å²) < 4.78 is 5.27. The number of rotatable bonds is 5. The average Bonchev–Trinajstić information content (AvgIpc) is 3.73. The maximum Gasteiger partial charge on any atom is 0.227 e. The molecule has 0 aliphatic heterocycles. The average molecular weight is 503 g/mol. The van der Waals surface area contributed by atoms with Crippen LogP contribution < -0.4 is 5.32 Å². The van der Waals surface area contributed by atoms with Gasteiger partial charge < -0.3 is 14.7 Å². The number of anilines is 1. The van der Waals surface area contributed by atoms with Crippen LogP contribution in [0.4, 0.5) is 5.69 Å². The van der Waals surface area contributed by atoms with Crippen LogP contribution in [-0.2, 0) is 4.79 Å². The summed E-state index contributed by atoms with van der Waals surface area (Å²) in [6.07, 6.45) is 14.1. The Hall–Kier alpha value is -4.72. The molecule has 3 N–H and O–H groups in total. The van der Waals surface area contributed by atoms with Crippen molar-refractivity contribution in [2.45, 2.75) is 32.1 Å². The van der Waals surface area contributed by atoms with Crippen molar-refractivity contribution in [3.63, 3.8) is 0 Å². The Bertz CT molecular complexity index is 1760. The smallest absolute Gasteiger partial charge is 0.227 e. The number of amides is 1. The molecule has 0 atom stereocenters. The molecular formula is C30H26N6O2. The van der Waals surface area contributed by atoms with Gasteiger partial charge in [0.2, 0.25) is 5.91 Å². The first kappa shape index (κ1) is 22.5. The number of aromatic amines is 2. The molecule has 0 unspecified atom stereocenters. The first-order valence-electron chi connectivity index (χ1n) is 13.0. The Balaban J connectivity index is 1.23. The zero-order chi connectivity index (χ0) is 25.5. The number of aromatic nitrogens is 5. The third kappa shape index (κ3) is 4.04. The Morgan fingerprint density at radius 1 is 0.895 bits per heavy atom. The molecule has 0 spiro atoms. The SMILES string of the molecule is O=C(Nc1cncc(-c2ccc3[nH]nc(-c4cc5c(-c6ccoc6)nccc5[nH]4)c3c2)c1)C1CCCCC1. The minimum absolute atomic E-state index is 0.0952. The van der Waals surface area contributed by atoms with Gasteiger partial charge in [-0.1, -0.05) is 25.3 Å². The number of nitrogens with zero attached hydrogens (tertiary/aromatic N) is 3. The van der Waals surface area contributed by atoms with Crippen molar-refractivity contribution in [2.24, 2.45) is 5.92 Å². The van der Waals surface area contributed by atoms with Crippen molar-refractivity contribution in [1.82, 2.24) is 25.1 Å². The first-order chi connectivity index (χ1) is 18.7. The third-order valence-electron chi connectivity index (χ3n) is 7.48. The summed E-state index contributed by atoms with van der Waals surface area (Å²) >= 11 is 0. The second kappa shape index (κ2) is 9.30. The lowest BCUT2D eigenvalue weighted by atomic mass is 9.88. The van der Waals surface area contributed by atoms with Crippen molar-refractivity contribution in [1.29, 1.82) is 0 Å². The number of carbonyl (C=O) groups excluding carboxylic acids is 1. The summed E-state index contributed by atoms with van der Waals surface area (Å²) in [6, 6.07) is 14.1. The largest absolute Gasteiger partial charge is 0.472 e. The van der Waals surface area contributed by atoms with E-state index in [2.05, 4.69) is 42.6 Å². The van der Waals surface area contributed by atoms with Crippen LogP contribution in [0.5, 0.6) is 0 Å². The molecule has 1 fully saturated rings. The summed E-state index contributed by atoms with van der Waals surface area (Å²) in [4.78, 5) is 25.3. The number of H-pyrrole nitrogens is 2. The van der Waals surface area contributed by atoms with Gasteiger partial charge in [0, 0.05) is 45.7 Å². The van der Waals surface area contributed by atoms with Crippen LogP contribution in [0, 0.1) is 5.92 Å². The standard InChI is InChI=1S/C30H26N6O2/c37-30(18-4-2-1-3-5-18)33-22-12-21(15-31-16-22)19-6-7-26-23(13-19)29(36-35-26)27-14-24-25(34-27)8-10-32-28(24)20-9-11-38-17-20/h6-18,34H,1-5H2,(H,33,37)(H,35,36). The molecule has 5 aromatic heterocycles. The fraction of sp³-hybridized carbons (Fsp3) is 0.200. The van der Waals surface area contributed by atoms with Crippen molar-refractivity contribution >= 4 is 33.4 Å². The molecule has 0 bridgehead atoms. The summed E-state index contributed by atoms with van der Waals surface area (Å²) in [7, 11) is 0. The molecule has 5 heterocycles. The van der Waals surface area contributed by atoms with E-state index in [1.54, 1.807) is 24.9 Å². The number of hydrogen-bond acceptors (Lipinski definition) is 5. The quantitative estimate of drug-likeness (QED) is 0.236. The molecule has 7 rings (SSSR count). The van der Waals surface area contributed by atoms with Crippen molar-refractivity contribution in [3.05, 3.63) is 73.6 Å². The highest BCUT2D eigenvalue weighted by atomic mass is 16.3. The molecule has 1 aliphatic rings. The Kier molecular flexibility index (Phi) is 5.50. The first-order valence-corrected chi connectivity index (χ1v) is 13.0. The van der Waals surface area contributed by atoms with Gasteiger partial charge in [-0.3, -0.25) is 19.9 Å². The summed E-state index contributed by atoms with van der Waals surface area (Å²) in [6.45, 7) is 0. The lowest BCUT2D eigenvalue weighted by Crippen LogP contribution is -2.24. The minimum atomic E-state index is 0.0952. The number of fused-ring (bicyclic) bond motifs is 2. The van der Waals surface area contributed by atoms with E-state index in [1.165, 1.54) is 6.42 Å². The molecule has 38 heavy (non-hydrogen) atoms. The second-order valence-electron chi connectivity index (χ2n) is 9.93. The second-order valence-corrected chi connectivity index (χ2v) is 9.93. The number of nitrogens with one attached hydrogen (secondary N) is 3. The Morgan fingerprint density at radius 3 is 2.66 bits per heavy atom. The predicted molar refractivity (Wildman–Crippen MR) is 147 cm³/mol. The highest BCUT2D eigenvalue weighted by Crippen LogP contribution is 2.35. The number of carbonyl (C=O) groups is 1. The molecule has 8 nitrogen and oxygen atoms in total. The molecule has 0 saturated heterocycles. The molecule has 188 valence electrons. The lowest BCUT2D eigenvalue weighted by molar-refractivity contribution is -0.120. The Morgan fingerprint density at radius 2 is 1.79 bits per heavy atom. The molecule has 0 radical (unpaired) electrons. The van der Waals surface area contributed by atoms with Gasteiger partial charge in [-0.2, -0.15) is 5.10 Å². The maximum atomic E-state index is 12.8. The van der Waals surface area contributed by atoms with E-state index >= 15 is 0 Å². The van der Waals surface area contributed by atoms with E-state index in [-0.39, 0.29) is 11.8 Å². The topological polar surface area (TPSA) is 112 Å². The molecule has 1 aromatic carbocycles. The van der Waals surface area contributed by atoms with E-state index in [0.717, 1.165) is 86.9 Å². The van der Waals surface area contributed by atoms with Crippen molar-refractivity contribution in [2.75, 3.05) is 5.32 Å². The molecule has 1 aliphatic carbocycles. The number of pyridine rings is 2. The van der Waals surface area contributed by atoms with Crippen LogP contribution in [-0.4, -0.2) is 31.1 Å². The van der Waals surface area contributed by atoms with E-state index in [1.807, 2.05) is 36.5 Å². The lowest BCUT2D eigenvalue weighted by Gasteiger charge is -2.20. The maximum absolute atomic E-state index is 12.8. The van der Waals surface area contributed by atoms with Gasteiger partial charge in [-0.25, -0.2) is 0 Å². The molecule has 1 amide bonds. The van der Waals surface area contributed by atoms with Gasteiger partial charge >= 0.3 is 0 Å². The molecule has 6 aromatic rings. The van der Waals surface area contributed by atoms with Crippen LogP contribution in [0.1, 0.15) is 32.1 Å². The van der Waals surface area contributed by atoms with Gasteiger partial charge in [-0.05, 0) is 54.8 Å². The van der Waals surface area contributed by atoms with E-state index in [0.29, 0.717) is 0 Å². The van der Waals surface area contributed by atoms with Crippen LogP contribution in [0.15, 0.2) is 78.0 Å². The molecule has 8 heteroatoms. The number of benzene rings is 1. The van der Waals surface area contributed by atoms with Crippen LogP contribution in [0.3, 0.4) is 0 Å². The van der Waals surface area contributed by atoms with Crippen LogP contribution in [0.2, 0.25) is 0 Å². The van der Waals surface area contributed by atoms with E-state index in [4.69, 9.17) is 4.42 Å². The normalized spacial score (nSPS) is 14.3. The van der Waals surface area contributed by atoms with Gasteiger partial charge in [0.15, 0.2) is 0 Å².